The second kappa shape index (κ2) is 5.74. The van der Waals surface area contributed by atoms with Crippen molar-refractivity contribution in [2.24, 2.45) is 5.84 Å². The summed E-state index contributed by atoms with van der Waals surface area (Å²) in [6, 6.07) is 1.88. The number of halogens is 1. The average Bonchev–Trinajstić information content (AvgIpc) is 2.63. The first-order chi connectivity index (χ1) is 9.04. The highest BCUT2D eigenvalue weighted by Crippen LogP contribution is 2.30. The lowest BCUT2D eigenvalue weighted by molar-refractivity contribution is 0.484. The number of rotatable bonds is 4. The van der Waals surface area contributed by atoms with E-state index in [4.69, 9.17) is 21.9 Å². The summed E-state index contributed by atoms with van der Waals surface area (Å²) < 4.78 is 5.66. The van der Waals surface area contributed by atoms with Gasteiger partial charge in [-0.15, -0.1) is 0 Å². The van der Waals surface area contributed by atoms with Gasteiger partial charge in [0.2, 0.25) is 0 Å². The molecule has 2 rings (SSSR count). The van der Waals surface area contributed by atoms with Gasteiger partial charge in [-0.1, -0.05) is 11.6 Å². The first kappa shape index (κ1) is 14.1. The van der Waals surface area contributed by atoms with E-state index >= 15 is 0 Å². The highest BCUT2D eigenvalue weighted by molar-refractivity contribution is 6.31. The molecule has 0 bridgehead atoms. The Hall–Kier alpha value is -1.36. The van der Waals surface area contributed by atoms with E-state index in [-0.39, 0.29) is 6.04 Å². The average molecular weight is 280 g/mol. The monoisotopic (exact) mass is 279 g/mol. The maximum atomic E-state index is 6.14. The van der Waals surface area contributed by atoms with Crippen molar-refractivity contribution in [3.8, 4) is 0 Å². The van der Waals surface area contributed by atoms with Crippen molar-refractivity contribution >= 4 is 11.6 Å². The van der Waals surface area contributed by atoms with Crippen LogP contribution in [0.5, 0.6) is 0 Å². The van der Waals surface area contributed by atoms with Crippen LogP contribution in [0.25, 0.3) is 0 Å². The number of hydrogen-bond donors (Lipinski definition) is 2. The van der Waals surface area contributed by atoms with Gasteiger partial charge in [-0.2, -0.15) is 0 Å². The lowest BCUT2D eigenvalue weighted by Gasteiger charge is -2.17. The van der Waals surface area contributed by atoms with Gasteiger partial charge in [0, 0.05) is 18.0 Å². The third-order valence-electron chi connectivity index (χ3n) is 3.45. The van der Waals surface area contributed by atoms with Crippen LogP contribution in [0.15, 0.2) is 22.9 Å². The summed E-state index contributed by atoms with van der Waals surface area (Å²) in [5.74, 6) is 7.52. The van der Waals surface area contributed by atoms with Crippen molar-refractivity contribution in [2.45, 2.75) is 33.2 Å². The standard InChI is InChI=1S/C14H18ClN3O/c1-8-9(2)19-10(3)14(8)13(18-16)6-11-4-5-17-7-12(11)15/h4-5,7,13,18H,6,16H2,1-3H3. The van der Waals surface area contributed by atoms with E-state index in [0.717, 1.165) is 28.2 Å². The SMILES string of the molecule is Cc1oc(C)c(C(Cc2ccncc2Cl)NN)c1C. The fourth-order valence-electron chi connectivity index (χ4n) is 2.36. The minimum atomic E-state index is -0.0302. The van der Waals surface area contributed by atoms with Crippen LogP contribution < -0.4 is 11.3 Å². The molecule has 2 heterocycles. The maximum absolute atomic E-state index is 6.14. The topological polar surface area (TPSA) is 64.1 Å². The van der Waals surface area contributed by atoms with Gasteiger partial charge in [0.25, 0.3) is 0 Å². The van der Waals surface area contributed by atoms with Crippen molar-refractivity contribution in [1.29, 1.82) is 0 Å². The summed E-state index contributed by atoms with van der Waals surface area (Å²) in [7, 11) is 0. The number of aryl methyl sites for hydroxylation is 2. The molecule has 0 saturated heterocycles. The van der Waals surface area contributed by atoms with E-state index in [1.165, 1.54) is 0 Å². The fraction of sp³-hybridized carbons (Fsp3) is 0.357. The molecule has 0 aliphatic carbocycles. The van der Waals surface area contributed by atoms with Gasteiger partial charge in [-0.05, 0) is 44.4 Å². The molecule has 19 heavy (non-hydrogen) atoms. The lowest BCUT2D eigenvalue weighted by atomic mass is 9.97. The summed E-state index contributed by atoms with van der Waals surface area (Å²) in [6.07, 6.45) is 4.07. The van der Waals surface area contributed by atoms with Gasteiger partial charge in [-0.25, -0.2) is 0 Å². The summed E-state index contributed by atoms with van der Waals surface area (Å²) >= 11 is 6.14. The molecule has 2 aromatic rings. The van der Waals surface area contributed by atoms with E-state index in [1.807, 2.05) is 26.8 Å². The van der Waals surface area contributed by atoms with Gasteiger partial charge < -0.3 is 4.42 Å². The summed E-state index contributed by atoms with van der Waals surface area (Å²) in [5, 5.41) is 0.651. The van der Waals surface area contributed by atoms with Crippen LogP contribution in [0.2, 0.25) is 5.02 Å². The zero-order chi connectivity index (χ0) is 14.0. The molecular formula is C14H18ClN3O. The number of nitrogens with two attached hydrogens (primary N) is 1. The normalized spacial score (nSPS) is 12.7. The van der Waals surface area contributed by atoms with Crippen LogP contribution >= 0.6 is 11.6 Å². The highest BCUT2D eigenvalue weighted by atomic mass is 35.5. The summed E-state index contributed by atoms with van der Waals surface area (Å²) in [6.45, 7) is 5.95. The predicted octanol–water partition coefficient (Wildman–Crippen LogP) is 3.00. The van der Waals surface area contributed by atoms with Crippen LogP contribution in [-0.4, -0.2) is 4.98 Å². The molecule has 0 saturated carbocycles. The molecule has 0 aliphatic heterocycles. The maximum Gasteiger partial charge on any atom is 0.106 e. The number of furan rings is 1. The molecule has 0 fully saturated rings. The Kier molecular flexibility index (Phi) is 4.24. The Morgan fingerprint density at radius 3 is 2.63 bits per heavy atom. The minimum Gasteiger partial charge on any atom is -0.466 e. The van der Waals surface area contributed by atoms with E-state index in [9.17, 15) is 0 Å². The molecule has 1 unspecified atom stereocenters. The molecule has 4 nitrogen and oxygen atoms in total. The van der Waals surface area contributed by atoms with Crippen LogP contribution in [-0.2, 0) is 6.42 Å². The number of pyridine rings is 1. The second-order valence-electron chi connectivity index (χ2n) is 4.64. The second-order valence-corrected chi connectivity index (χ2v) is 5.05. The number of nitrogens with zero attached hydrogens (tertiary/aromatic N) is 1. The van der Waals surface area contributed by atoms with Crippen LogP contribution in [0.1, 0.15) is 34.3 Å². The van der Waals surface area contributed by atoms with Gasteiger partial charge in [0.15, 0.2) is 0 Å². The molecule has 0 amide bonds. The van der Waals surface area contributed by atoms with E-state index in [2.05, 4.69) is 10.4 Å². The van der Waals surface area contributed by atoms with Crippen LogP contribution in [0.4, 0.5) is 0 Å². The largest absolute Gasteiger partial charge is 0.466 e. The van der Waals surface area contributed by atoms with E-state index in [0.29, 0.717) is 11.4 Å². The van der Waals surface area contributed by atoms with Crippen molar-refractivity contribution in [3.63, 3.8) is 0 Å². The number of hydrazine groups is 1. The van der Waals surface area contributed by atoms with Gasteiger partial charge in [-0.3, -0.25) is 16.3 Å². The molecule has 5 heteroatoms. The summed E-state index contributed by atoms with van der Waals surface area (Å²) in [5.41, 5.74) is 6.10. The number of aromatic nitrogens is 1. The molecule has 0 spiro atoms. The Labute approximate surface area is 117 Å². The minimum absolute atomic E-state index is 0.0302. The number of nitrogens with one attached hydrogen (secondary N) is 1. The Bertz CT molecular complexity index is 580. The van der Waals surface area contributed by atoms with E-state index < -0.39 is 0 Å². The first-order valence-electron chi connectivity index (χ1n) is 6.15. The smallest absolute Gasteiger partial charge is 0.106 e. The predicted molar refractivity (Wildman–Crippen MR) is 75.9 cm³/mol. The first-order valence-corrected chi connectivity index (χ1v) is 6.53. The fourth-order valence-corrected chi connectivity index (χ4v) is 2.55. The van der Waals surface area contributed by atoms with Crippen molar-refractivity contribution in [2.75, 3.05) is 0 Å². The quantitative estimate of drug-likeness (QED) is 0.667. The molecule has 0 aliphatic rings. The Morgan fingerprint density at radius 2 is 2.11 bits per heavy atom. The molecule has 0 radical (unpaired) electrons. The van der Waals surface area contributed by atoms with Gasteiger partial charge in [0.1, 0.15) is 11.5 Å². The lowest BCUT2D eigenvalue weighted by Crippen LogP contribution is -2.30. The highest BCUT2D eigenvalue weighted by Gasteiger charge is 2.21. The number of hydrogen-bond acceptors (Lipinski definition) is 4. The molecule has 2 aromatic heterocycles. The Balaban J connectivity index is 2.33. The Morgan fingerprint density at radius 1 is 1.37 bits per heavy atom. The molecule has 102 valence electrons. The zero-order valence-corrected chi connectivity index (χ0v) is 12.1. The molecular weight excluding hydrogens is 262 g/mol. The summed E-state index contributed by atoms with van der Waals surface area (Å²) in [4.78, 5) is 3.99. The van der Waals surface area contributed by atoms with Crippen LogP contribution in [0.3, 0.4) is 0 Å². The van der Waals surface area contributed by atoms with Crippen molar-refractivity contribution < 1.29 is 4.42 Å². The van der Waals surface area contributed by atoms with Crippen LogP contribution in [0, 0.1) is 20.8 Å². The van der Waals surface area contributed by atoms with Crippen molar-refractivity contribution in [3.05, 3.63) is 51.7 Å². The molecule has 3 N–H and O–H groups in total. The third-order valence-corrected chi connectivity index (χ3v) is 3.79. The van der Waals surface area contributed by atoms with Gasteiger partial charge >= 0.3 is 0 Å². The van der Waals surface area contributed by atoms with E-state index in [1.54, 1.807) is 12.4 Å². The molecule has 0 aromatic carbocycles. The van der Waals surface area contributed by atoms with Crippen molar-refractivity contribution in [1.82, 2.24) is 10.4 Å². The van der Waals surface area contributed by atoms with Gasteiger partial charge in [0.05, 0.1) is 11.1 Å². The third kappa shape index (κ3) is 2.81. The molecule has 1 atom stereocenters. The zero-order valence-electron chi connectivity index (χ0n) is 11.3.